The van der Waals surface area contributed by atoms with Gasteiger partial charge < -0.3 is 0 Å². The summed E-state index contributed by atoms with van der Waals surface area (Å²) in [4.78, 5) is 4.61. The Morgan fingerprint density at radius 3 is 2.72 bits per heavy atom. The van der Waals surface area contributed by atoms with E-state index < -0.39 is 0 Å². The molecule has 1 aromatic heterocycles. The Labute approximate surface area is 115 Å². The third-order valence-corrected chi connectivity index (χ3v) is 4.23. The first-order valence-electron chi connectivity index (χ1n) is 5.78. The third-order valence-electron chi connectivity index (χ3n) is 3.06. The molecule has 0 atom stereocenters. The Morgan fingerprint density at radius 1 is 1.11 bits per heavy atom. The molecule has 0 amide bonds. The van der Waals surface area contributed by atoms with Crippen LogP contribution in [0.15, 0.2) is 36.4 Å². The van der Waals surface area contributed by atoms with E-state index >= 15 is 0 Å². The maximum Gasteiger partial charge on any atom is 0.0907 e. The maximum absolute atomic E-state index is 6.06. The molecule has 0 aliphatic rings. The van der Waals surface area contributed by atoms with Crippen molar-refractivity contribution < 1.29 is 0 Å². The number of benzene rings is 2. The molecule has 0 radical (unpaired) electrons. The standard InChI is InChI=1S/C15H12ClNS/c1-9-13(11-4-3-5-12(16)8-11)6-7-14-15(9)17-10(2)18-14/h3-8H,1-2H3. The zero-order valence-electron chi connectivity index (χ0n) is 10.2. The number of nitrogens with zero attached hydrogens (tertiary/aromatic N) is 1. The second-order valence-electron chi connectivity index (χ2n) is 4.33. The van der Waals surface area contributed by atoms with E-state index in [4.69, 9.17) is 11.6 Å². The fraction of sp³-hybridized carbons (Fsp3) is 0.133. The summed E-state index contributed by atoms with van der Waals surface area (Å²) in [6, 6.07) is 12.2. The molecule has 1 heterocycles. The fourth-order valence-corrected chi connectivity index (χ4v) is 3.28. The molecule has 0 aliphatic heterocycles. The second-order valence-corrected chi connectivity index (χ2v) is 6.00. The molecular weight excluding hydrogens is 262 g/mol. The number of fused-ring (bicyclic) bond motifs is 1. The quantitative estimate of drug-likeness (QED) is 0.591. The molecule has 3 heteroatoms. The van der Waals surface area contributed by atoms with Gasteiger partial charge in [-0.05, 0) is 48.7 Å². The molecule has 0 aliphatic carbocycles. The van der Waals surface area contributed by atoms with Gasteiger partial charge >= 0.3 is 0 Å². The van der Waals surface area contributed by atoms with Crippen molar-refractivity contribution in [3.63, 3.8) is 0 Å². The van der Waals surface area contributed by atoms with Crippen LogP contribution in [0.4, 0.5) is 0 Å². The minimum absolute atomic E-state index is 0.765. The lowest BCUT2D eigenvalue weighted by Gasteiger charge is -2.07. The first kappa shape index (κ1) is 11.7. The maximum atomic E-state index is 6.06. The molecule has 0 unspecified atom stereocenters. The van der Waals surface area contributed by atoms with Crippen molar-refractivity contribution in [1.29, 1.82) is 0 Å². The van der Waals surface area contributed by atoms with E-state index in [2.05, 4.69) is 30.1 Å². The van der Waals surface area contributed by atoms with Gasteiger partial charge in [-0.1, -0.05) is 29.8 Å². The van der Waals surface area contributed by atoms with Gasteiger partial charge in [-0.3, -0.25) is 0 Å². The normalized spacial score (nSPS) is 11.1. The minimum atomic E-state index is 0.765. The highest BCUT2D eigenvalue weighted by atomic mass is 35.5. The third kappa shape index (κ3) is 1.92. The van der Waals surface area contributed by atoms with E-state index in [1.165, 1.54) is 15.8 Å². The van der Waals surface area contributed by atoms with Gasteiger partial charge in [0.15, 0.2) is 0 Å². The SMILES string of the molecule is Cc1nc2c(C)c(-c3cccc(Cl)c3)ccc2s1. The van der Waals surface area contributed by atoms with Crippen LogP contribution in [0, 0.1) is 13.8 Å². The van der Waals surface area contributed by atoms with E-state index in [1.807, 2.05) is 25.1 Å². The van der Waals surface area contributed by atoms with Crippen LogP contribution in [-0.2, 0) is 0 Å². The fourth-order valence-electron chi connectivity index (χ4n) is 2.20. The summed E-state index contributed by atoms with van der Waals surface area (Å²) >= 11 is 7.79. The van der Waals surface area contributed by atoms with Crippen LogP contribution in [0.3, 0.4) is 0 Å². The number of thiazole rings is 1. The molecule has 0 bridgehead atoms. The van der Waals surface area contributed by atoms with Crippen molar-refractivity contribution in [3.05, 3.63) is 52.0 Å². The molecule has 18 heavy (non-hydrogen) atoms. The second kappa shape index (κ2) is 4.38. The van der Waals surface area contributed by atoms with Gasteiger partial charge in [-0.25, -0.2) is 4.98 Å². The van der Waals surface area contributed by atoms with Crippen molar-refractivity contribution in [3.8, 4) is 11.1 Å². The summed E-state index contributed by atoms with van der Waals surface area (Å²) in [6.07, 6.45) is 0. The molecule has 0 saturated heterocycles. The number of aryl methyl sites for hydroxylation is 2. The van der Waals surface area contributed by atoms with E-state index in [0.717, 1.165) is 21.1 Å². The van der Waals surface area contributed by atoms with Crippen LogP contribution in [0.5, 0.6) is 0 Å². The number of hydrogen-bond donors (Lipinski definition) is 0. The average molecular weight is 274 g/mol. The van der Waals surface area contributed by atoms with E-state index in [1.54, 1.807) is 11.3 Å². The minimum Gasteiger partial charge on any atom is -0.241 e. The van der Waals surface area contributed by atoms with Crippen LogP contribution in [0.1, 0.15) is 10.6 Å². The lowest BCUT2D eigenvalue weighted by Crippen LogP contribution is -1.85. The van der Waals surface area contributed by atoms with Gasteiger partial charge in [0.2, 0.25) is 0 Å². The smallest absolute Gasteiger partial charge is 0.0907 e. The van der Waals surface area contributed by atoms with Crippen LogP contribution in [0.25, 0.3) is 21.3 Å². The van der Waals surface area contributed by atoms with E-state index in [9.17, 15) is 0 Å². The van der Waals surface area contributed by atoms with Gasteiger partial charge in [0.05, 0.1) is 15.2 Å². The van der Waals surface area contributed by atoms with E-state index in [0.29, 0.717) is 0 Å². The number of hydrogen-bond acceptors (Lipinski definition) is 2. The van der Waals surface area contributed by atoms with Gasteiger partial charge in [0, 0.05) is 5.02 Å². The van der Waals surface area contributed by atoms with Crippen LogP contribution < -0.4 is 0 Å². The summed E-state index contributed by atoms with van der Waals surface area (Å²) in [5.41, 5.74) is 4.68. The predicted octanol–water partition coefficient (Wildman–Crippen LogP) is 5.23. The largest absolute Gasteiger partial charge is 0.241 e. The van der Waals surface area contributed by atoms with Crippen molar-refractivity contribution >= 4 is 33.2 Å². The highest BCUT2D eigenvalue weighted by Crippen LogP contribution is 2.32. The Morgan fingerprint density at radius 2 is 1.94 bits per heavy atom. The molecular formula is C15H12ClNS. The highest BCUT2D eigenvalue weighted by Gasteiger charge is 2.09. The summed E-state index contributed by atoms with van der Waals surface area (Å²) in [6.45, 7) is 4.17. The molecule has 0 N–H and O–H groups in total. The van der Waals surface area contributed by atoms with Gasteiger partial charge in [-0.2, -0.15) is 0 Å². The molecule has 2 aromatic carbocycles. The molecule has 3 rings (SSSR count). The first-order valence-corrected chi connectivity index (χ1v) is 6.97. The number of aromatic nitrogens is 1. The van der Waals surface area contributed by atoms with Crippen molar-refractivity contribution in [2.75, 3.05) is 0 Å². The van der Waals surface area contributed by atoms with Gasteiger partial charge in [-0.15, -0.1) is 11.3 Å². The predicted molar refractivity (Wildman–Crippen MR) is 79.5 cm³/mol. The molecule has 3 aromatic rings. The zero-order chi connectivity index (χ0) is 12.7. The average Bonchev–Trinajstić information content (AvgIpc) is 2.71. The van der Waals surface area contributed by atoms with Crippen molar-refractivity contribution in [2.45, 2.75) is 13.8 Å². The Hall–Kier alpha value is -1.38. The van der Waals surface area contributed by atoms with E-state index in [-0.39, 0.29) is 0 Å². The number of rotatable bonds is 1. The van der Waals surface area contributed by atoms with Crippen LogP contribution >= 0.6 is 22.9 Å². The molecule has 90 valence electrons. The summed E-state index contributed by atoms with van der Waals surface area (Å²) in [5.74, 6) is 0. The topological polar surface area (TPSA) is 12.9 Å². The van der Waals surface area contributed by atoms with Crippen molar-refractivity contribution in [1.82, 2.24) is 4.98 Å². The Kier molecular flexibility index (Phi) is 2.84. The lowest BCUT2D eigenvalue weighted by atomic mass is 10.00. The highest BCUT2D eigenvalue weighted by molar-refractivity contribution is 7.18. The monoisotopic (exact) mass is 273 g/mol. The summed E-state index contributed by atoms with van der Waals surface area (Å²) in [7, 11) is 0. The molecule has 0 saturated carbocycles. The Balaban J connectivity index is 2.26. The van der Waals surface area contributed by atoms with Gasteiger partial charge in [0.25, 0.3) is 0 Å². The van der Waals surface area contributed by atoms with Crippen molar-refractivity contribution in [2.24, 2.45) is 0 Å². The molecule has 1 nitrogen and oxygen atoms in total. The molecule has 0 spiro atoms. The summed E-state index contributed by atoms with van der Waals surface area (Å²) in [5, 5.41) is 1.87. The zero-order valence-corrected chi connectivity index (χ0v) is 11.8. The molecule has 0 fully saturated rings. The van der Waals surface area contributed by atoms with Gasteiger partial charge in [0.1, 0.15) is 0 Å². The lowest BCUT2D eigenvalue weighted by molar-refractivity contribution is 1.32. The number of halogens is 1. The Bertz CT molecular complexity index is 730. The first-order chi connectivity index (χ1) is 8.65. The summed E-state index contributed by atoms with van der Waals surface area (Å²) < 4.78 is 1.25. The van der Waals surface area contributed by atoms with Crippen LogP contribution in [-0.4, -0.2) is 4.98 Å². The van der Waals surface area contributed by atoms with Crippen LogP contribution in [0.2, 0.25) is 5.02 Å².